The van der Waals surface area contributed by atoms with Crippen molar-refractivity contribution in [3.8, 4) is 0 Å². The first kappa shape index (κ1) is 13.1. The molecular weight excluding hydrogens is 228 g/mol. The quantitative estimate of drug-likeness (QED) is 0.855. The van der Waals surface area contributed by atoms with Gasteiger partial charge in [0.1, 0.15) is 6.61 Å². The van der Waals surface area contributed by atoms with Crippen LogP contribution in [0.2, 0.25) is 0 Å². The van der Waals surface area contributed by atoms with Crippen LogP contribution in [0.4, 0.5) is 5.69 Å². The molecule has 98 valence electrons. The summed E-state index contributed by atoms with van der Waals surface area (Å²) in [6.07, 6.45) is 4.16. The number of anilines is 1. The highest BCUT2D eigenvalue weighted by molar-refractivity contribution is 5.91. The molecule has 0 heterocycles. The van der Waals surface area contributed by atoms with Crippen LogP contribution >= 0.6 is 0 Å². The lowest BCUT2D eigenvalue weighted by molar-refractivity contribution is -0.123. The molecule has 0 bridgehead atoms. The first-order chi connectivity index (χ1) is 8.74. The van der Waals surface area contributed by atoms with Gasteiger partial charge in [-0.2, -0.15) is 0 Å². The first-order valence-corrected chi connectivity index (χ1v) is 6.46. The second-order valence-electron chi connectivity index (χ2n) is 4.77. The van der Waals surface area contributed by atoms with E-state index in [9.17, 15) is 4.79 Å². The molecular formula is C14H20N2O2. The Morgan fingerprint density at radius 3 is 2.83 bits per heavy atom. The zero-order chi connectivity index (χ0) is 12.8. The van der Waals surface area contributed by atoms with Crippen molar-refractivity contribution in [1.82, 2.24) is 0 Å². The average molecular weight is 248 g/mol. The Kier molecular flexibility index (Phi) is 4.73. The third-order valence-corrected chi connectivity index (χ3v) is 3.17. The highest BCUT2D eigenvalue weighted by Crippen LogP contribution is 2.19. The number of amides is 1. The molecule has 1 aromatic rings. The Labute approximate surface area is 108 Å². The van der Waals surface area contributed by atoms with Gasteiger partial charge in [0.15, 0.2) is 0 Å². The number of benzene rings is 1. The van der Waals surface area contributed by atoms with E-state index in [-0.39, 0.29) is 24.7 Å². The summed E-state index contributed by atoms with van der Waals surface area (Å²) in [6.45, 7) is 0.103. The maximum atomic E-state index is 11.7. The molecule has 4 heteroatoms. The number of hydrogen-bond acceptors (Lipinski definition) is 3. The lowest BCUT2D eigenvalue weighted by Gasteiger charge is -2.26. The van der Waals surface area contributed by atoms with Crippen LogP contribution in [0.5, 0.6) is 0 Å². The Morgan fingerprint density at radius 2 is 2.11 bits per heavy atom. The Bertz CT molecular complexity index is 381. The van der Waals surface area contributed by atoms with Gasteiger partial charge in [-0.05, 0) is 37.8 Å². The molecule has 18 heavy (non-hydrogen) atoms. The standard InChI is InChI=1S/C14H20N2O2/c15-11-5-4-8-13(9-11)18-10-14(17)16-12-6-2-1-3-7-12/h1-3,6-7,11,13H,4-5,8-10,15H2,(H,16,17). The Balaban J connectivity index is 1.71. The van der Waals surface area contributed by atoms with E-state index in [2.05, 4.69) is 5.32 Å². The van der Waals surface area contributed by atoms with Crippen molar-refractivity contribution < 1.29 is 9.53 Å². The minimum absolute atomic E-state index is 0.103. The SMILES string of the molecule is NC1CCCC(OCC(=O)Nc2ccccc2)C1. The maximum Gasteiger partial charge on any atom is 0.250 e. The molecule has 3 N–H and O–H groups in total. The van der Waals surface area contributed by atoms with E-state index in [1.165, 1.54) is 0 Å². The van der Waals surface area contributed by atoms with Crippen LogP contribution in [0.25, 0.3) is 0 Å². The summed E-state index contributed by atoms with van der Waals surface area (Å²) >= 11 is 0. The molecule has 1 aliphatic rings. The number of carbonyl (C=O) groups is 1. The normalized spacial score (nSPS) is 23.6. The van der Waals surface area contributed by atoms with Crippen LogP contribution in [-0.4, -0.2) is 24.7 Å². The van der Waals surface area contributed by atoms with Crippen molar-refractivity contribution in [2.75, 3.05) is 11.9 Å². The third-order valence-electron chi connectivity index (χ3n) is 3.17. The molecule has 1 aliphatic carbocycles. The lowest BCUT2D eigenvalue weighted by atomic mass is 9.94. The van der Waals surface area contributed by atoms with Gasteiger partial charge < -0.3 is 15.8 Å². The van der Waals surface area contributed by atoms with Crippen LogP contribution in [0.3, 0.4) is 0 Å². The van der Waals surface area contributed by atoms with Gasteiger partial charge in [-0.1, -0.05) is 18.2 Å². The topological polar surface area (TPSA) is 64.3 Å². The van der Waals surface area contributed by atoms with Gasteiger partial charge in [-0.15, -0.1) is 0 Å². The summed E-state index contributed by atoms with van der Waals surface area (Å²) in [6, 6.07) is 9.62. The third kappa shape index (κ3) is 4.13. The molecule has 2 rings (SSSR count). The molecule has 0 spiro atoms. The van der Waals surface area contributed by atoms with Crippen molar-refractivity contribution >= 4 is 11.6 Å². The van der Waals surface area contributed by atoms with Crippen LogP contribution in [0, 0.1) is 0 Å². The van der Waals surface area contributed by atoms with Gasteiger partial charge in [0.2, 0.25) is 5.91 Å². The van der Waals surface area contributed by atoms with Gasteiger partial charge in [-0.3, -0.25) is 4.79 Å². The molecule has 1 saturated carbocycles. The molecule has 0 aromatic heterocycles. The van der Waals surface area contributed by atoms with E-state index < -0.39 is 0 Å². The van der Waals surface area contributed by atoms with E-state index in [0.29, 0.717) is 0 Å². The fourth-order valence-electron chi connectivity index (χ4n) is 2.24. The van der Waals surface area contributed by atoms with Crippen LogP contribution in [0.15, 0.2) is 30.3 Å². The predicted molar refractivity (Wildman–Crippen MR) is 71.3 cm³/mol. The van der Waals surface area contributed by atoms with Crippen molar-refractivity contribution in [2.45, 2.75) is 37.8 Å². The molecule has 0 radical (unpaired) electrons. The van der Waals surface area contributed by atoms with Gasteiger partial charge in [0, 0.05) is 11.7 Å². The molecule has 2 unspecified atom stereocenters. The Morgan fingerprint density at radius 1 is 1.33 bits per heavy atom. The lowest BCUT2D eigenvalue weighted by Crippen LogP contribution is -2.33. The maximum absolute atomic E-state index is 11.7. The molecule has 2 atom stereocenters. The fraction of sp³-hybridized carbons (Fsp3) is 0.500. The van der Waals surface area contributed by atoms with Crippen LogP contribution < -0.4 is 11.1 Å². The van der Waals surface area contributed by atoms with Crippen LogP contribution in [0.1, 0.15) is 25.7 Å². The monoisotopic (exact) mass is 248 g/mol. The molecule has 1 amide bonds. The zero-order valence-electron chi connectivity index (χ0n) is 10.5. The minimum Gasteiger partial charge on any atom is -0.368 e. The molecule has 0 saturated heterocycles. The van der Waals surface area contributed by atoms with Crippen molar-refractivity contribution in [3.63, 3.8) is 0 Å². The van der Waals surface area contributed by atoms with Gasteiger partial charge in [0.25, 0.3) is 0 Å². The summed E-state index contributed by atoms with van der Waals surface area (Å²) in [5, 5.41) is 2.80. The molecule has 1 fully saturated rings. The summed E-state index contributed by atoms with van der Waals surface area (Å²) in [5.74, 6) is -0.111. The summed E-state index contributed by atoms with van der Waals surface area (Å²) in [4.78, 5) is 11.7. The molecule has 0 aliphatic heterocycles. The van der Waals surface area contributed by atoms with E-state index in [4.69, 9.17) is 10.5 Å². The van der Waals surface area contributed by atoms with Crippen molar-refractivity contribution in [1.29, 1.82) is 0 Å². The minimum atomic E-state index is -0.111. The Hall–Kier alpha value is -1.39. The second kappa shape index (κ2) is 6.52. The number of para-hydroxylation sites is 1. The van der Waals surface area contributed by atoms with Crippen molar-refractivity contribution in [2.24, 2.45) is 5.73 Å². The number of ether oxygens (including phenoxy) is 1. The number of rotatable bonds is 4. The molecule has 4 nitrogen and oxygen atoms in total. The number of hydrogen-bond donors (Lipinski definition) is 2. The van der Waals surface area contributed by atoms with Crippen LogP contribution in [-0.2, 0) is 9.53 Å². The van der Waals surface area contributed by atoms with Crippen molar-refractivity contribution in [3.05, 3.63) is 30.3 Å². The first-order valence-electron chi connectivity index (χ1n) is 6.46. The zero-order valence-corrected chi connectivity index (χ0v) is 10.5. The number of nitrogens with one attached hydrogen (secondary N) is 1. The van der Waals surface area contributed by atoms with E-state index >= 15 is 0 Å². The summed E-state index contributed by atoms with van der Waals surface area (Å²) in [7, 11) is 0. The predicted octanol–water partition coefficient (Wildman–Crippen LogP) is 1.91. The van der Waals surface area contributed by atoms with E-state index in [1.54, 1.807) is 0 Å². The fourth-order valence-corrected chi connectivity index (χ4v) is 2.24. The highest BCUT2D eigenvalue weighted by atomic mass is 16.5. The van der Waals surface area contributed by atoms with E-state index in [1.807, 2.05) is 30.3 Å². The number of carbonyl (C=O) groups excluding carboxylic acids is 1. The van der Waals surface area contributed by atoms with E-state index in [0.717, 1.165) is 31.4 Å². The summed E-state index contributed by atoms with van der Waals surface area (Å²) in [5.41, 5.74) is 6.67. The molecule has 1 aromatic carbocycles. The highest BCUT2D eigenvalue weighted by Gasteiger charge is 2.20. The second-order valence-corrected chi connectivity index (χ2v) is 4.77. The largest absolute Gasteiger partial charge is 0.368 e. The van der Waals surface area contributed by atoms with Gasteiger partial charge in [-0.25, -0.2) is 0 Å². The smallest absolute Gasteiger partial charge is 0.250 e. The van der Waals surface area contributed by atoms with Gasteiger partial charge in [0.05, 0.1) is 6.10 Å². The average Bonchev–Trinajstić information content (AvgIpc) is 2.38. The summed E-state index contributed by atoms with van der Waals surface area (Å²) < 4.78 is 5.60. The number of nitrogens with two attached hydrogens (primary N) is 1. The van der Waals surface area contributed by atoms with Gasteiger partial charge >= 0.3 is 0 Å².